The van der Waals surface area contributed by atoms with Gasteiger partial charge in [0.2, 0.25) is 0 Å². The maximum Gasteiger partial charge on any atom is 0.0849 e. The van der Waals surface area contributed by atoms with Gasteiger partial charge in [0, 0.05) is 16.8 Å². The molecule has 145 valence electrons. The summed E-state index contributed by atoms with van der Waals surface area (Å²) < 4.78 is 0. The zero-order valence-corrected chi connectivity index (χ0v) is 17.6. The predicted molar refractivity (Wildman–Crippen MR) is 110 cm³/mol. The van der Waals surface area contributed by atoms with Gasteiger partial charge in [0.05, 0.1) is 28.5 Å². The first-order chi connectivity index (χ1) is 12.5. The molecule has 2 aromatic rings. The Morgan fingerprint density at radius 1 is 1.00 bits per heavy atom. The summed E-state index contributed by atoms with van der Waals surface area (Å²) in [7, 11) is 0. The Hall–Kier alpha value is -1.78. The van der Waals surface area contributed by atoms with Gasteiger partial charge in [0.25, 0.3) is 0 Å². The quantitative estimate of drug-likeness (QED) is 0.593. The molecule has 3 nitrogen and oxygen atoms in total. The van der Waals surface area contributed by atoms with Crippen LogP contribution in [0.4, 0.5) is 5.69 Å². The van der Waals surface area contributed by atoms with E-state index < -0.39 is 0 Å². The van der Waals surface area contributed by atoms with Crippen LogP contribution in [0.2, 0.25) is 0 Å². The third kappa shape index (κ3) is 5.60. The van der Waals surface area contributed by atoms with Crippen LogP contribution >= 0.6 is 0 Å². The molecule has 1 aromatic carbocycles. The number of para-hydroxylation sites is 1. The van der Waals surface area contributed by atoms with Gasteiger partial charge in [-0.3, -0.25) is 4.99 Å². The van der Waals surface area contributed by atoms with Gasteiger partial charge in [-0.2, -0.15) is 0 Å². The van der Waals surface area contributed by atoms with Crippen LogP contribution in [0.1, 0.15) is 68.0 Å². The number of rotatable bonds is 5. The van der Waals surface area contributed by atoms with Crippen molar-refractivity contribution in [1.29, 1.82) is 5.41 Å². The van der Waals surface area contributed by atoms with Crippen LogP contribution in [0, 0.1) is 25.2 Å². The monoisotopic (exact) mass is 406 g/mol. The standard InChI is InChI=1S/C23H29N3.Co/c1-16-9-7-10-17(2)23(16)25-18(3)21-13-8-14-22(26-21)20(24)15-19-11-5-4-6-12-19;/h7-10,13-14,19,24H,4-6,11-12,15H2,1-3H3;/b24-20?,25-18+;. The summed E-state index contributed by atoms with van der Waals surface area (Å²) >= 11 is 0. The van der Waals surface area contributed by atoms with Gasteiger partial charge >= 0.3 is 0 Å². The summed E-state index contributed by atoms with van der Waals surface area (Å²) in [5.41, 5.74) is 6.58. The fourth-order valence-corrected chi connectivity index (χ4v) is 3.80. The third-order valence-electron chi connectivity index (χ3n) is 5.37. The van der Waals surface area contributed by atoms with Crippen LogP contribution in [0.25, 0.3) is 0 Å². The molecule has 0 bridgehead atoms. The van der Waals surface area contributed by atoms with Gasteiger partial charge in [-0.1, -0.05) is 56.4 Å². The molecule has 1 aliphatic rings. The second kappa shape index (κ2) is 9.95. The predicted octanol–water partition coefficient (Wildman–Crippen LogP) is 6.17. The Morgan fingerprint density at radius 3 is 2.26 bits per heavy atom. The first kappa shape index (κ1) is 21.5. The summed E-state index contributed by atoms with van der Waals surface area (Å²) in [6, 6.07) is 12.2. The molecule has 1 aromatic heterocycles. The summed E-state index contributed by atoms with van der Waals surface area (Å²) in [5.74, 6) is 0.658. The molecule has 1 N–H and O–H groups in total. The Morgan fingerprint density at radius 2 is 1.59 bits per heavy atom. The normalized spacial score (nSPS) is 15.3. The fraction of sp³-hybridized carbons (Fsp3) is 0.435. The Labute approximate surface area is 173 Å². The number of hydrogen-bond acceptors (Lipinski definition) is 3. The fourth-order valence-electron chi connectivity index (χ4n) is 3.80. The number of aromatic nitrogens is 1. The zero-order chi connectivity index (χ0) is 18.5. The summed E-state index contributed by atoms with van der Waals surface area (Å²) in [5, 5.41) is 8.49. The maximum absolute atomic E-state index is 8.49. The van der Waals surface area contributed by atoms with Crippen LogP contribution in [0.5, 0.6) is 0 Å². The van der Waals surface area contributed by atoms with E-state index in [1.807, 2.05) is 25.1 Å². The number of hydrogen-bond donors (Lipinski definition) is 1. The molecule has 0 saturated heterocycles. The first-order valence-corrected chi connectivity index (χ1v) is 9.71. The Balaban J connectivity index is 0.00000261. The van der Waals surface area contributed by atoms with Gasteiger partial charge in [-0.05, 0) is 56.4 Å². The molecule has 0 unspecified atom stereocenters. The van der Waals surface area contributed by atoms with Crippen molar-refractivity contribution in [1.82, 2.24) is 4.98 Å². The van der Waals surface area contributed by atoms with Crippen molar-refractivity contribution in [2.45, 2.75) is 59.3 Å². The van der Waals surface area contributed by atoms with E-state index in [1.165, 1.54) is 43.2 Å². The van der Waals surface area contributed by atoms with E-state index in [2.05, 4.69) is 32.0 Å². The second-order valence-corrected chi connectivity index (χ2v) is 7.53. The van der Waals surface area contributed by atoms with Crippen molar-refractivity contribution >= 4 is 17.1 Å². The second-order valence-electron chi connectivity index (χ2n) is 7.53. The Bertz CT molecular complexity index is 800. The van der Waals surface area contributed by atoms with Crippen molar-refractivity contribution in [3.8, 4) is 0 Å². The van der Waals surface area contributed by atoms with E-state index >= 15 is 0 Å². The van der Waals surface area contributed by atoms with Crippen molar-refractivity contribution in [3.63, 3.8) is 0 Å². The van der Waals surface area contributed by atoms with Gasteiger partial charge < -0.3 is 5.41 Å². The molecule has 1 aliphatic carbocycles. The van der Waals surface area contributed by atoms with Gasteiger partial charge in [0.15, 0.2) is 0 Å². The third-order valence-corrected chi connectivity index (χ3v) is 5.37. The summed E-state index contributed by atoms with van der Waals surface area (Å²) in [6.07, 6.45) is 7.35. The molecule has 1 heterocycles. The van der Waals surface area contributed by atoms with E-state index in [0.717, 1.165) is 29.2 Å². The van der Waals surface area contributed by atoms with Crippen LogP contribution in [0.15, 0.2) is 41.4 Å². The van der Waals surface area contributed by atoms with E-state index in [-0.39, 0.29) is 16.8 Å². The number of aryl methyl sites for hydroxylation is 2. The minimum absolute atomic E-state index is 0. The molecule has 4 heteroatoms. The molecule has 0 atom stereocenters. The molecule has 0 amide bonds. The summed E-state index contributed by atoms with van der Waals surface area (Å²) in [4.78, 5) is 9.57. The van der Waals surface area contributed by atoms with Crippen LogP contribution < -0.4 is 0 Å². The van der Waals surface area contributed by atoms with Crippen molar-refractivity contribution in [2.75, 3.05) is 0 Å². The van der Waals surface area contributed by atoms with E-state index in [4.69, 9.17) is 15.4 Å². The molecule has 27 heavy (non-hydrogen) atoms. The largest absolute Gasteiger partial charge is 0.303 e. The van der Waals surface area contributed by atoms with Gasteiger partial charge in [0.1, 0.15) is 0 Å². The topological polar surface area (TPSA) is 49.1 Å². The zero-order valence-electron chi connectivity index (χ0n) is 16.5. The average Bonchev–Trinajstić information content (AvgIpc) is 2.65. The molecule has 0 aliphatic heterocycles. The number of aliphatic imine (C=N–C) groups is 1. The average molecular weight is 406 g/mol. The minimum Gasteiger partial charge on any atom is -0.303 e. The first-order valence-electron chi connectivity index (χ1n) is 9.71. The maximum atomic E-state index is 8.49. The van der Waals surface area contributed by atoms with Crippen molar-refractivity contribution in [3.05, 3.63) is 58.9 Å². The molecule has 1 fully saturated rings. The molecular formula is C23H29CoN3. The molecule has 1 radical (unpaired) electrons. The Kier molecular flexibility index (Phi) is 7.93. The number of nitrogens with one attached hydrogen (secondary N) is 1. The van der Waals surface area contributed by atoms with Crippen LogP contribution in [0.3, 0.4) is 0 Å². The summed E-state index contributed by atoms with van der Waals surface area (Å²) in [6.45, 7) is 6.17. The molecule has 0 spiro atoms. The van der Waals surface area contributed by atoms with E-state index in [0.29, 0.717) is 11.6 Å². The minimum atomic E-state index is 0. The number of pyridine rings is 1. The van der Waals surface area contributed by atoms with E-state index in [9.17, 15) is 0 Å². The van der Waals surface area contributed by atoms with Crippen molar-refractivity contribution in [2.24, 2.45) is 10.9 Å². The van der Waals surface area contributed by atoms with Crippen molar-refractivity contribution < 1.29 is 16.8 Å². The number of nitrogens with zero attached hydrogens (tertiary/aromatic N) is 2. The number of benzene rings is 1. The van der Waals surface area contributed by atoms with Crippen LogP contribution in [-0.2, 0) is 16.8 Å². The van der Waals surface area contributed by atoms with Gasteiger partial charge in [-0.25, -0.2) is 4.98 Å². The molecular weight excluding hydrogens is 377 g/mol. The molecule has 1 saturated carbocycles. The molecule has 3 rings (SSSR count). The van der Waals surface area contributed by atoms with E-state index in [1.54, 1.807) is 0 Å². The SMILES string of the molecule is C/C(=N\c1c(C)cccc1C)c1cccc(C(=N)CC2CCCCC2)n1.[Co]. The van der Waals surface area contributed by atoms with Crippen LogP contribution in [-0.4, -0.2) is 16.4 Å². The smallest absolute Gasteiger partial charge is 0.0849 e. The van der Waals surface area contributed by atoms with Gasteiger partial charge in [-0.15, -0.1) is 0 Å².